The molecule has 0 bridgehead atoms. The van der Waals surface area contributed by atoms with Crippen LogP contribution in [0.25, 0.3) is 0 Å². The van der Waals surface area contributed by atoms with Crippen LogP contribution in [0.2, 0.25) is 0 Å². The van der Waals surface area contributed by atoms with Gasteiger partial charge in [0.05, 0.1) is 7.11 Å². The van der Waals surface area contributed by atoms with Crippen molar-refractivity contribution in [2.24, 2.45) is 0 Å². The highest BCUT2D eigenvalue weighted by Gasteiger charge is 2.31. The minimum absolute atomic E-state index is 0.218. The smallest absolute Gasteiger partial charge is 0.176 e. The number of hydrogen-bond donors (Lipinski definition) is 0. The Morgan fingerprint density at radius 2 is 1.83 bits per heavy atom. The highest BCUT2D eigenvalue weighted by molar-refractivity contribution is 7.89. The van der Waals surface area contributed by atoms with Crippen LogP contribution in [-0.2, 0) is 10.7 Å². The summed E-state index contributed by atoms with van der Waals surface area (Å²) in [5, 5.41) is 0. The number of rotatable bonds is 4. The molecule has 4 heteroatoms. The van der Waals surface area contributed by atoms with Gasteiger partial charge in [0.15, 0.2) is 6.49 Å². The molecule has 18 heavy (non-hydrogen) atoms. The molecule has 1 aliphatic rings. The third-order valence-electron chi connectivity index (χ3n) is 3.68. The predicted molar refractivity (Wildman–Crippen MR) is 77.0 cm³/mol. The highest BCUT2D eigenvalue weighted by Crippen LogP contribution is 2.62. The Bertz CT molecular complexity index is 424. The van der Waals surface area contributed by atoms with Gasteiger partial charge >= 0.3 is 0 Å². The summed E-state index contributed by atoms with van der Waals surface area (Å²) in [5.41, 5.74) is 1.26. The van der Waals surface area contributed by atoms with Crippen LogP contribution in [0.15, 0.2) is 24.3 Å². The molecule has 1 aromatic carbocycles. The van der Waals surface area contributed by atoms with Gasteiger partial charge in [-0.25, -0.2) is 0 Å². The van der Waals surface area contributed by atoms with Crippen molar-refractivity contribution in [1.29, 1.82) is 0 Å². The lowest BCUT2D eigenvalue weighted by molar-refractivity contribution is 0.414. The Kier molecular flexibility index (Phi) is 4.75. The van der Waals surface area contributed by atoms with Crippen LogP contribution in [0, 0.1) is 0 Å². The molecule has 1 fully saturated rings. The molecule has 1 aromatic rings. The summed E-state index contributed by atoms with van der Waals surface area (Å²) in [6.07, 6.45) is 6.15. The van der Waals surface area contributed by atoms with Crippen LogP contribution < -0.4 is 4.74 Å². The van der Waals surface area contributed by atoms with Crippen molar-refractivity contribution in [2.75, 3.05) is 7.11 Å². The van der Waals surface area contributed by atoms with Gasteiger partial charge in [0.25, 0.3) is 0 Å². The summed E-state index contributed by atoms with van der Waals surface area (Å²) in [4.78, 5) is 0. The normalized spacial score (nSPS) is 20.3. The van der Waals surface area contributed by atoms with Crippen LogP contribution >= 0.6 is 17.7 Å². The largest absolute Gasteiger partial charge is 0.497 e. The lowest BCUT2D eigenvalue weighted by Crippen LogP contribution is -2.11. The molecule has 1 unspecified atom stereocenters. The van der Waals surface area contributed by atoms with E-state index in [4.69, 9.17) is 16.0 Å². The second-order valence-electron chi connectivity index (χ2n) is 5.00. The zero-order valence-electron chi connectivity index (χ0n) is 10.8. The maximum absolute atomic E-state index is 12.6. The van der Waals surface area contributed by atoms with Crippen LogP contribution in [0.3, 0.4) is 0 Å². The number of methoxy groups -OCH3 is 1. The molecule has 1 saturated carbocycles. The van der Waals surface area contributed by atoms with E-state index in [0.717, 1.165) is 24.2 Å². The average molecular weight is 287 g/mol. The monoisotopic (exact) mass is 286 g/mol. The summed E-state index contributed by atoms with van der Waals surface area (Å²) in [6.45, 7) is -2.58. The first kappa shape index (κ1) is 14.0. The van der Waals surface area contributed by atoms with Crippen molar-refractivity contribution in [1.82, 2.24) is 0 Å². The standard InChI is InChI=1S/C14H20ClO2P/c1-17-13-9-7-12(8-10-13)11-18(15,16)14-5-3-2-4-6-14/h7-10,14H,2-6,11H2,1H3. The van der Waals surface area contributed by atoms with Crippen molar-refractivity contribution in [3.63, 3.8) is 0 Å². The van der Waals surface area contributed by atoms with E-state index >= 15 is 0 Å². The SMILES string of the molecule is COc1ccc(CP(=O)(Cl)C2CCCCC2)cc1. The first-order valence-electron chi connectivity index (χ1n) is 6.53. The first-order valence-corrected chi connectivity index (χ1v) is 9.40. The predicted octanol–water partition coefficient (Wildman–Crippen LogP) is 5.04. The molecule has 2 nitrogen and oxygen atoms in total. The molecule has 1 atom stereocenters. The van der Waals surface area contributed by atoms with Gasteiger partial charge in [0, 0.05) is 11.8 Å². The fourth-order valence-corrected chi connectivity index (χ4v) is 5.68. The second kappa shape index (κ2) is 6.12. The lowest BCUT2D eigenvalue weighted by Gasteiger charge is -2.26. The number of halogens is 1. The van der Waals surface area contributed by atoms with Crippen LogP contribution in [0.5, 0.6) is 5.75 Å². The van der Waals surface area contributed by atoms with E-state index in [1.165, 1.54) is 19.3 Å². The van der Waals surface area contributed by atoms with Crippen LogP contribution in [0.1, 0.15) is 37.7 Å². The molecular formula is C14H20ClO2P. The Hall–Kier alpha value is -0.460. The zero-order valence-corrected chi connectivity index (χ0v) is 12.4. The molecule has 0 amide bonds. The van der Waals surface area contributed by atoms with E-state index in [0.29, 0.717) is 6.16 Å². The van der Waals surface area contributed by atoms with Crippen molar-refractivity contribution in [3.8, 4) is 5.75 Å². The Morgan fingerprint density at radius 3 is 2.39 bits per heavy atom. The fourth-order valence-electron chi connectivity index (χ4n) is 2.58. The van der Waals surface area contributed by atoms with Gasteiger partial charge in [-0.3, -0.25) is 0 Å². The Morgan fingerprint density at radius 1 is 1.22 bits per heavy atom. The van der Waals surface area contributed by atoms with Gasteiger partial charge in [-0.05, 0) is 30.5 Å². The minimum Gasteiger partial charge on any atom is -0.497 e. The van der Waals surface area contributed by atoms with E-state index in [2.05, 4.69) is 0 Å². The Labute approximate surface area is 114 Å². The molecule has 0 N–H and O–H groups in total. The summed E-state index contributed by atoms with van der Waals surface area (Å²) in [7, 11) is 1.64. The first-order chi connectivity index (χ1) is 8.62. The van der Waals surface area contributed by atoms with E-state index in [-0.39, 0.29) is 5.66 Å². The zero-order chi connectivity index (χ0) is 13.0. The second-order valence-corrected chi connectivity index (χ2v) is 9.17. The van der Waals surface area contributed by atoms with E-state index in [9.17, 15) is 4.57 Å². The number of benzene rings is 1. The minimum atomic E-state index is -2.58. The van der Waals surface area contributed by atoms with Gasteiger partial charge in [0.1, 0.15) is 5.75 Å². The molecule has 0 heterocycles. The molecule has 0 aliphatic heterocycles. The summed E-state index contributed by atoms with van der Waals surface area (Å²) >= 11 is 6.35. The molecule has 0 saturated heterocycles. The van der Waals surface area contributed by atoms with Gasteiger partial charge in [-0.15, -0.1) is 0 Å². The van der Waals surface area contributed by atoms with Gasteiger partial charge in [-0.2, -0.15) is 0 Å². The van der Waals surface area contributed by atoms with Crippen molar-refractivity contribution < 1.29 is 9.30 Å². The van der Waals surface area contributed by atoms with E-state index in [1.807, 2.05) is 24.3 Å². The fraction of sp³-hybridized carbons (Fsp3) is 0.571. The molecule has 100 valence electrons. The summed E-state index contributed by atoms with van der Waals surface area (Å²) in [5.74, 6) is 0.820. The third-order valence-corrected chi connectivity index (χ3v) is 7.27. The summed E-state index contributed by atoms with van der Waals surface area (Å²) < 4.78 is 17.7. The van der Waals surface area contributed by atoms with Crippen molar-refractivity contribution >= 4 is 17.7 Å². The molecule has 0 aromatic heterocycles. The highest BCUT2D eigenvalue weighted by atomic mass is 35.7. The Balaban J connectivity index is 2.03. The maximum Gasteiger partial charge on any atom is 0.176 e. The number of hydrogen-bond acceptors (Lipinski definition) is 2. The van der Waals surface area contributed by atoms with Crippen LogP contribution in [-0.4, -0.2) is 12.8 Å². The van der Waals surface area contributed by atoms with Gasteiger partial charge in [0.2, 0.25) is 0 Å². The number of ether oxygens (including phenoxy) is 1. The molecule has 1 aliphatic carbocycles. The molecule has 0 radical (unpaired) electrons. The molecule has 2 rings (SSSR count). The van der Waals surface area contributed by atoms with Gasteiger partial charge < -0.3 is 9.30 Å². The van der Waals surface area contributed by atoms with E-state index in [1.54, 1.807) is 7.11 Å². The maximum atomic E-state index is 12.6. The van der Waals surface area contributed by atoms with Crippen molar-refractivity contribution in [3.05, 3.63) is 29.8 Å². The van der Waals surface area contributed by atoms with Gasteiger partial charge in [-0.1, -0.05) is 42.6 Å². The third kappa shape index (κ3) is 3.52. The van der Waals surface area contributed by atoms with Crippen molar-refractivity contribution in [2.45, 2.75) is 43.9 Å². The quantitative estimate of drug-likeness (QED) is 0.724. The molecular weight excluding hydrogens is 267 g/mol. The van der Waals surface area contributed by atoms with E-state index < -0.39 is 6.49 Å². The molecule has 0 spiro atoms. The average Bonchev–Trinajstić information content (AvgIpc) is 2.40. The topological polar surface area (TPSA) is 26.3 Å². The summed E-state index contributed by atoms with van der Waals surface area (Å²) in [6, 6.07) is 7.70. The lowest BCUT2D eigenvalue weighted by atomic mass is 10.0. The van der Waals surface area contributed by atoms with Crippen LogP contribution in [0.4, 0.5) is 0 Å².